The van der Waals surface area contributed by atoms with Gasteiger partial charge in [-0.15, -0.1) is 0 Å². The first-order valence-electron chi connectivity index (χ1n) is 6.17. The Kier molecular flexibility index (Phi) is 3.25. The van der Waals surface area contributed by atoms with Crippen LogP contribution in [0.25, 0.3) is 0 Å². The Morgan fingerprint density at radius 1 is 1.42 bits per heavy atom. The van der Waals surface area contributed by atoms with E-state index in [-0.39, 0.29) is 0 Å². The van der Waals surface area contributed by atoms with Gasteiger partial charge in [-0.05, 0) is 6.92 Å². The predicted octanol–water partition coefficient (Wildman–Crippen LogP) is -0.771. The quantitative estimate of drug-likeness (QED) is 0.516. The molecule has 2 aliphatic heterocycles. The summed E-state index contributed by atoms with van der Waals surface area (Å²) in [4.78, 5) is 35.5. The van der Waals surface area contributed by atoms with Crippen LogP contribution in [0.1, 0.15) is 20.8 Å². The lowest BCUT2D eigenvalue weighted by atomic mass is 9.82. The number of aliphatic carboxylic acids is 1. The molecule has 0 aromatic heterocycles. The number of nitrogens with zero attached hydrogens (tertiary/aromatic N) is 1. The summed E-state index contributed by atoms with van der Waals surface area (Å²) >= 11 is 0. The van der Waals surface area contributed by atoms with Crippen molar-refractivity contribution in [3.05, 3.63) is 0 Å². The molecule has 0 saturated carbocycles. The highest BCUT2D eigenvalue weighted by Crippen LogP contribution is 2.45. The Morgan fingerprint density at radius 3 is 2.42 bits per heavy atom. The number of carboxylic acids is 1. The molecule has 2 fully saturated rings. The van der Waals surface area contributed by atoms with E-state index in [1.807, 2.05) is 0 Å². The van der Waals surface area contributed by atoms with E-state index in [0.29, 0.717) is 0 Å². The lowest BCUT2D eigenvalue weighted by molar-refractivity contribution is -0.176. The number of amides is 1. The first-order valence-corrected chi connectivity index (χ1v) is 6.17. The molecule has 0 radical (unpaired) electrons. The summed E-state index contributed by atoms with van der Waals surface area (Å²) in [6.45, 7) is 4.35. The zero-order valence-electron chi connectivity index (χ0n) is 10.9. The SMILES string of the molecule is CC(=O)OC1C(C)C(C(=O)O)N2C(=O)[C@H](C(C)O)[C@@H]12. The van der Waals surface area contributed by atoms with Gasteiger partial charge in [0.15, 0.2) is 0 Å². The van der Waals surface area contributed by atoms with Crippen LogP contribution in [-0.2, 0) is 19.1 Å². The minimum atomic E-state index is -1.12. The smallest absolute Gasteiger partial charge is 0.326 e. The van der Waals surface area contributed by atoms with Crippen molar-refractivity contribution < 1.29 is 29.3 Å². The zero-order chi connectivity index (χ0) is 14.5. The van der Waals surface area contributed by atoms with Gasteiger partial charge in [0.2, 0.25) is 5.91 Å². The average molecular weight is 271 g/mol. The summed E-state index contributed by atoms with van der Waals surface area (Å²) < 4.78 is 5.16. The molecule has 2 saturated heterocycles. The molecule has 2 rings (SSSR count). The second-order valence-electron chi connectivity index (χ2n) is 5.22. The topological polar surface area (TPSA) is 104 Å². The first-order chi connectivity index (χ1) is 8.77. The van der Waals surface area contributed by atoms with Crippen molar-refractivity contribution in [1.82, 2.24) is 4.90 Å². The highest BCUT2D eigenvalue weighted by Gasteiger charge is 2.66. The molecule has 0 aromatic carbocycles. The maximum Gasteiger partial charge on any atom is 0.326 e. The van der Waals surface area contributed by atoms with Crippen molar-refractivity contribution in [2.24, 2.45) is 11.8 Å². The second kappa shape index (κ2) is 4.48. The number of rotatable bonds is 3. The number of ether oxygens (including phenoxy) is 1. The number of carbonyl (C=O) groups excluding carboxylic acids is 2. The van der Waals surface area contributed by atoms with Gasteiger partial charge >= 0.3 is 11.9 Å². The number of aliphatic hydroxyl groups is 1. The van der Waals surface area contributed by atoms with Crippen LogP contribution in [-0.4, -0.2) is 57.3 Å². The normalized spacial score (nSPS) is 38.4. The Hall–Kier alpha value is -1.63. The van der Waals surface area contributed by atoms with E-state index < -0.39 is 54.0 Å². The van der Waals surface area contributed by atoms with Gasteiger partial charge in [0.05, 0.1) is 18.1 Å². The molecule has 7 heteroatoms. The van der Waals surface area contributed by atoms with E-state index in [1.165, 1.54) is 18.7 Å². The number of carbonyl (C=O) groups is 3. The zero-order valence-corrected chi connectivity index (χ0v) is 10.9. The maximum atomic E-state index is 11.9. The maximum absolute atomic E-state index is 11.9. The molecule has 1 amide bonds. The molecule has 2 heterocycles. The fourth-order valence-electron chi connectivity index (χ4n) is 3.19. The Bertz CT molecular complexity index is 434. The monoisotopic (exact) mass is 271 g/mol. The van der Waals surface area contributed by atoms with Crippen molar-refractivity contribution in [1.29, 1.82) is 0 Å². The largest absolute Gasteiger partial charge is 0.480 e. The van der Waals surface area contributed by atoms with Crippen LogP contribution in [0.4, 0.5) is 0 Å². The molecule has 7 nitrogen and oxygen atoms in total. The van der Waals surface area contributed by atoms with Crippen LogP contribution in [0.5, 0.6) is 0 Å². The summed E-state index contributed by atoms with van der Waals surface area (Å²) in [5, 5.41) is 18.8. The van der Waals surface area contributed by atoms with E-state index >= 15 is 0 Å². The molecule has 4 unspecified atom stereocenters. The molecule has 2 aliphatic rings. The van der Waals surface area contributed by atoms with Crippen LogP contribution in [0.15, 0.2) is 0 Å². The molecular formula is C12H17NO6. The van der Waals surface area contributed by atoms with Gasteiger partial charge in [-0.3, -0.25) is 9.59 Å². The highest BCUT2D eigenvalue weighted by molar-refractivity contribution is 5.93. The first kappa shape index (κ1) is 13.8. The van der Waals surface area contributed by atoms with Crippen molar-refractivity contribution in [3.8, 4) is 0 Å². The van der Waals surface area contributed by atoms with E-state index in [9.17, 15) is 24.6 Å². The summed E-state index contributed by atoms with van der Waals surface area (Å²) in [7, 11) is 0. The molecule has 0 aromatic rings. The molecule has 19 heavy (non-hydrogen) atoms. The lowest BCUT2D eigenvalue weighted by Crippen LogP contribution is -2.66. The summed E-state index contributed by atoms with van der Waals surface area (Å²) in [6, 6.07) is -1.55. The Balaban J connectivity index is 2.32. The Labute approximate surface area is 110 Å². The summed E-state index contributed by atoms with van der Waals surface area (Å²) in [6.07, 6.45) is -1.58. The molecule has 0 spiro atoms. The van der Waals surface area contributed by atoms with Gasteiger partial charge < -0.3 is 19.8 Å². The summed E-state index contributed by atoms with van der Waals surface area (Å²) in [5.74, 6) is -3.24. The molecule has 106 valence electrons. The van der Waals surface area contributed by atoms with E-state index in [2.05, 4.69) is 0 Å². The minimum absolute atomic E-state index is 0.395. The molecule has 2 N–H and O–H groups in total. The number of fused-ring (bicyclic) bond motifs is 1. The van der Waals surface area contributed by atoms with Crippen LogP contribution in [0.3, 0.4) is 0 Å². The van der Waals surface area contributed by atoms with Crippen LogP contribution in [0.2, 0.25) is 0 Å². The van der Waals surface area contributed by atoms with Gasteiger partial charge in [0.25, 0.3) is 0 Å². The van der Waals surface area contributed by atoms with Crippen molar-refractivity contribution in [2.45, 2.75) is 45.1 Å². The average Bonchev–Trinajstić information content (AvgIpc) is 2.49. The number of esters is 1. The standard InChI is InChI=1S/C12H17NO6/c1-4-8(12(17)18)13-9(10(4)19-6(3)15)7(5(2)14)11(13)16/h4-5,7-10,14H,1-3H3,(H,17,18)/t4?,5?,7-,8?,9+,10?/m1/s1. The number of hydrogen-bond donors (Lipinski definition) is 2. The van der Waals surface area contributed by atoms with Crippen LogP contribution < -0.4 is 0 Å². The van der Waals surface area contributed by atoms with Gasteiger partial charge in [0, 0.05) is 12.8 Å². The van der Waals surface area contributed by atoms with Crippen molar-refractivity contribution in [3.63, 3.8) is 0 Å². The third-order valence-electron chi connectivity index (χ3n) is 3.96. The van der Waals surface area contributed by atoms with Gasteiger partial charge in [-0.1, -0.05) is 6.92 Å². The predicted molar refractivity (Wildman–Crippen MR) is 61.9 cm³/mol. The number of aliphatic hydroxyl groups excluding tert-OH is 1. The fourth-order valence-corrected chi connectivity index (χ4v) is 3.19. The van der Waals surface area contributed by atoms with Gasteiger partial charge in [-0.2, -0.15) is 0 Å². The fraction of sp³-hybridized carbons (Fsp3) is 0.750. The minimum Gasteiger partial charge on any atom is -0.480 e. The third-order valence-corrected chi connectivity index (χ3v) is 3.96. The van der Waals surface area contributed by atoms with E-state index in [4.69, 9.17) is 4.74 Å². The third kappa shape index (κ3) is 1.88. The number of β-lactam (4-membered cyclic amide) rings is 1. The molecule has 6 atom stereocenters. The van der Waals surface area contributed by atoms with Crippen molar-refractivity contribution in [2.75, 3.05) is 0 Å². The lowest BCUT2D eigenvalue weighted by Gasteiger charge is -2.46. The van der Waals surface area contributed by atoms with Gasteiger partial charge in [-0.25, -0.2) is 4.79 Å². The second-order valence-corrected chi connectivity index (χ2v) is 5.22. The van der Waals surface area contributed by atoms with Crippen LogP contribution in [0, 0.1) is 11.8 Å². The van der Waals surface area contributed by atoms with E-state index in [1.54, 1.807) is 6.92 Å². The number of hydrogen-bond acceptors (Lipinski definition) is 5. The highest BCUT2D eigenvalue weighted by atomic mass is 16.5. The Morgan fingerprint density at radius 2 is 2.00 bits per heavy atom. The molecular weight excluding hydrogens is 254 g/mol. The number of carboxylic acid groups (broad SMARTS) is 1. The molecule has 0 aliphatic carbocycles. The summed E-state index contributed by atoms with van der Waals surface area (Å²) in [5.41, 5.74) is 0. The van der Waals surface area contributed by atoms with Gasteiger partial charge in [0.1, 0.15) is 12.1 Å². The molecule has 0 bridgehead atoms. The van der Waals surface area contributed by atoms with Crippen molar-refractivity contribution >= 4 is 17.8 Å². The van der Waals surface area contributed by atoms with E-state index in [0.717, 1.165) is 0 Å². The van der Waals surface area contributed by atoms with Crippen LogP contribution >= 0.6 is 0 Å².